The molecule has 1 aliphatic heterocycles. The van der Waals surface area contributed by atoms with Crippen molar-refractivity contribution in [1.82, 2.24) is 0 Å². The zero-order valence-corrected chi connectivity index (χ0v) is 13.8. The summed E-state index contributed by atoms with van der Waals surface area (Å²) in [5, 5.41) is 10.3. The molecule has 0 aromatic heterocycles. The molecule has 0 spiro atoms. The number of benzene rings is 1. The highest BCUT2D eigenvalue weighted by Gasteiger charge is 2.48. The van der Waals surface area contributed by atoms with Crippen LogP contribution in [-0.4, -0.2) is 48.7 Å². The summed E-state index contributed by atoms with van der Waals surface area (Å²) in [7, 11) is -2.53. The third-order valence-corrected chi connectivity index (χ3v) is 4.20. The molecule has 1 aromatic carbocycles. The van der Waals surface area contributed by atoms with Crippen molar-refractivity contribution in [3.8, 4) is 0 Å². The van der Waals surface area contributed by atoms with Crippen LogP contribution in [0.15, 0.2) is 12.1 Å². The van der Waals surface area contributed by atoms with Gasteiger partial charge in [-0.25, -0.2) is 8.78 Å². The lowest BCUT2D eigenvalue weighted by Crippen LogP contribution is -2.35. The third-order valence-electron chi connectivity index (χ3n) is 3.57. The van der Waals surface area contributed by atoms with E-state index in [1.165, 1.54) is 20.1 Å². The van der Waals surface area contributed by atoms with Crippen LogP contribution in [0, 0.1) is 18.6 Å². The summed E-state index contributed by atoms with van der Waals surface area (Å²) in [6.45, 7) is 2.40. The smallest absolute Gasteiger partial charge is 0.325 e. The van der Waals surface area contributed by atoms with Crippen molar-refractivity contribution in [2.24, 2.45) is 0 Å². The molecule has 9 heteroatoms. The van der Waals surface area contributed by atoms with Gasteiger partial charge in [0.2, 0.25) is 0 Å². The summed E-state index contributed by atoms with van der Waals surface area (Å²) >= 11 is 0. The van der Waals surface area contributed by atoms with Gasteiger partial charge in [-0.15, -0.1) is 0 Å². The van der Waals surface area contributed by atoms with E-state index in [-0.39, 0.29) is 17.7 Å². The maximum atomic E-state index is 14.0. The molecule has 1 fully saturated rings. The number of aliphatic hydroxyl groups excluding tert-OH is 1. The first-order chi connectivity index (χ1) is 10.6. The average molecular weight is 352 g/mol. The SMILES string of the molecule is COC[C@H]1O[C@@H](c2cc(C)c(F)cc2F)[C@@H](O)C1OP(C)(=O)O. The molecule has 2 rings (SSSR count). The van der Waals surface area contributed by atoms with Gasteiger partial charge in [-0.1, -0.05) is 0 Å². The fourth-order valence-electron chi connectivity index (χ4n) is 2.55. The molecule has 1 saturated heterocycles. The molecule has 1 heterocycles. The first kappa shape index (κ1) is 18.4. The maximum absolute atomic E-state index is 14.0. The lowest BCUT2D eigenvalue weighted by atomic mass is 9.99. The van der Waals surface area contributed by atoms with Crippen molar-refractivity contribution in [2.75, 3.05) is 20.4 Å². The number of halogens is 2. The Bertz CT molecular complexity index is 620. The molecule has 0 aliphatic carbocycles. The molecular formula is C14H19F2O6P. The minimum Gasteiger partial charge on any atom is -0.387 e. The van der Waals surface area contributed by atoms with Crippen LogP contribution in [0.5, 0.6) is 0 Å². The van der Waals surface area contributed by atoms with Crippen LogP contribution in [0.3, 0.4) is 0 Å². The van der Waals surface area contributed by atoms with Crippen LogP contribution in [0.25, 0.3) is 0 Å². The quantitative estimate of drug-likeness (QED) is 0.788. The van der Waals surface area contributed by atoms with E-state index in [9.17, 15) is 23.3 Å². The van der Waals surface area contributed by atoms with Crippen LogP contribution in [0.1, 0.15) is 17.2 Å². The fourth-order valence-corrected chi connectivity index (χ4v) is 3.26. The monoisotopic (exact) mass is 352 g/mol. The average Bonchev–Trinajstić information content (AvgIpc) is 2.71. The molecule has 0 amide bonds. The molecule has 2 unspecified atom stereocenters. The lowest BCUT2D eigenvalue weighted by molar-refractivity contribution is -0.0315. The number of aryl methyl sites for hydroxylation is 1. The molecule has 2 N–H and O–H groups in total. The predicted octanol–water partition coefficient (Wildman–Crippen LogP) is 1.92. The maximum Gasteiger partial charge on any atom is 0.325 e. The summed E-state index contributed by atoms with van der Waals surface area (Å²) in [6, 6.07) is 1.94. The topological polar surface area (TPSA) is 85.2 Å². The van der Waals surface area contributed by atoms with Crippen molar-refractivity contribution >= 4 is 7.60 Å². The van der Waals surface area contributed by atoms with E-state index in [0.29, 0.717) is 6.07 Å². The number of hydrogen-bond donors (Lipinski definition) is 2. The minimum atomic E-state index is -3.91. The predicted molar refractivity (Wildman–Crippen MR) is 77.2 cm³/mol. The van der Waals surface area contributed by atoms with E-state index in [4.69, 9.17) is 14.0 Å². The largest absolute Gasteiger partial charge is 0.387 e. The summed E-state index contributed by atoms with van der Waals surface area (Å²) < 4.78 is 54.3. The van der Waals surface area contributed by atoms with Gasteiger partial charge >= 0.3 is 7.60 Å². The van der Waals surface area contributed by atoms with Gasteiger partial charge in [0.1, 0.15) is 36.1 Å². The number of methoxy groups -OCH3 is 1. The summed E-state index contributed by atoms with van der Waals surface area (Å²) in [5.41, 5.74) is 0.139. The van der Waals surface area contributed by atoms with Crippen molar-refractivity contribution in [3.63, 3.8) is 0 Å². The molecular weight excluding hydrogens is 333 g/mol. The molecule has 6 nitrogen and oxygen atoms in total. The normalized spacial score (nSPS) is 30.4. The molecule has 5 atom stereocenters. The van der Waals surface area contributed by atoms with Gasteiger partial charge < -0.3 is 19.5 Å². The van der Waals surface area contributed by atoms with Crippen molar-refractivity contribution in [2.45, 2.75) is 31.3 Å². The van der Waals surface area contributed by atoms with E-state index >= 15 is 0 Å². The highest BCUT2D eigenvalue weighted by atomic mass is 31.2. The first-order valence-corrected chi connectivity index (χ1v) is 8.93. The Morgan fingerprint density at radius 1 is 1.35 bits per heavy atom. The van der Waals surface area contributed by atoms with Crippen LogP contribution in [0.2, 0.25) is 0 Å². The van der Waals surface area contributed by atoms with Gasteiger partial charge in [0.15, 0.2) is 0 Å². The molecule has 23 heavy (non-hydrogen) atoms. The molecule has 1 aromatic rings. The standard InChI is InChI=1S/C14H19F2O6P/c1-7-4-8(10(16)5-9(7)15)13-12(17)14(22-23(3,18)19)11(21-13)6-20-2/h4-5,11-14,17H,6H2,1-3H3,(H,18,19)/t11-,12-,13+,14?/m1/s1. The highest BCUT2D eigenvalue weighted by molar-refractivity contribution is 7.51. The zero-order chi connectivity index (χ0) is 17.4. The number of ether oxygens (including phenoxy) is 2. The van der Waals surface area contributed by atoms with Gasteiger partial charge in [-0.3, -0.25) is 9.09 Å². The van der Waals surface area contributed by atoms with Crippen LogP contribution in [0.4, 0.5) is 8.78 Å². The van der Waals surface area contributed by atoms with E-state index in [1.54, 1.807) is 0 Å². The Labute approximate surface area is 132 Å². The van der Waals surface area contributed by atoms with Crippen LogP contribution < -0.4 is 0 Å². The Morgan fingerprint density at radius 2 is 2.00 bits per heavy atom. The fraction of sp³-hybridized carbons (Fsp3) is 0.571. The third kappa shape index (κ3) is 4.15. The number of rotatable bonds is 5. The van der Waals surface area contributed by atoms with Crippen molar-refractivity contribution in [1.29, 1.82) is 0 Å². The molecule has 1 aliphatic rings. The Hall–Kier alpha value is -0.890. The van der Waals surface area contributed by atoms with Crippen molar-refractivity contribution in [3.05, 3.63) is 34.9 Å². The minimum absolute atomic E-state index is 0.0278. The number of aliphatic hydroxyl groups is 1. The second kappa shape index (κ2) is 6.93. The molecule has 0 bridgehead atoms. The summed E-state index contributed by atoms with van der Waals surface area (Å²) in [5.74, 6) is -1.59. The van der Waals surface area contributed by atoms with Gasteiger partial charge in [0, 0.05) is 25.4 Å². The Kier molecular flexibility index (Phi) is 5.56. The first-order valence-electron chi connectivity index (χ1n) is 6.90. The molecule has 0 radical (unpaired) electrons. The summed E-state index contributed by atoms with van der Waals surface area (Å²) in [4.78, 5) is 9.38. The zero-order valence-electron chi connectivity index (χ0n) is 12.9. The van der Waals surface area contributed by atoms with E-state index < -0.39 is 43.6 Å². The highest BCUT2D eigenvalue weighted by Crippen LogP contribution is 2.45. The molecule has 0 saturated carbocycles. The van der Waals surface area contributed by atoms with E-state index in [1.807, 2.05) is 0 Å². The number of hydrogen-bond acceptors (Lipinski definition) is 5. The van der Waals surface area contributed by atoms with Crippen LogP contribution >= 0.6 is 7.60 Å². The van der Waals surface area contributed by atoms with Gasteiger partial charge in [-0.05, 0) is 18.6 Å². The van der Waals surface area contributed by atoms with Gasteiger partial charge in [-0.2, -0.15) is 0 Å². The Morgan fingerprint density at radius 3 is 2.57 bits per heavy atom. The summed E-state index contributed by atoms with van der Waals surface area (Å²) in [6.07, 6.45) is -4.61. The van der Waals surface area contributed by atoms with Gasteiger partial charge in [0.05, 0.1) is 6.61 Å². The second-order valence-electron chi connectivity index (χ2n) is 5.54. The molecule has 130 valence electrons. The van der Waals surface area contributed by atoms with E-state index in [2.05, 4.69) is 0 Å². The lowest BCUT2D eigenvalue weighted by Gasteiger charge is -2.21. The van der Waals surface area contributed by atoms with E-state index in [0.717, 1.165) is 6.66 Å². The Balaban J connectivity index is 2.34. The van der Waals surface area contributed by atoms with Gasteiger partial charge in [0.25, 0.3) is 0 Å². The second-order valence-corrected chi connectivity index (χ2v) is 7.35. The van der Waals surface area contributed by atoms with Crippen LogP contribution in [-0.2, 0) is 18.6 Å². The van der Waals surface area contributed by atoms with Crippen molar-refractivity contribution < 1.29 is 37.3 Å².